The number of benzene rings is 2. The lowest BCUT2D eigenvalue weighted by atomic mass is 9.95. The van der Waals surface area contributed by atoms with E-state index in [2.05, 4.69) is 44.8 Å². The van der Waals surface area contributed by atoms with Crippen LogP contribution in [0.5, 0.6) is 0 Å². The molecule has 0 fully saturated rings. The second-order valence-electron chi connectivity index (χ2n) is 8.43. The zero-order chi connectivity index (χ0) is 24.1. The molecule has 2 aromatic carbocycles. The molecule has 4 aromatic rings. The normalized spacial score (nSPS) is 12.1. The second-order valence-corrected chi connectivity index (χ2v) is 8.43. The Morgan fingerprint density at radius 1 is 0.853 bits per heavy atom. The molecule has 2 aromatic heterocycles. The lowest BCUT2D eigenvalue weighted by Crippen LogP contribution is -2.06. The molecule has 0 amide bonds. The molecule has 0 aliphatic rings. The van der Waals surface area contributed by atoms with Crippen LogP contribution in [0, 0.1) is 11.6 Å². The molecule has 2 heterocycles. The van der Waals surface area contributed by atoms with Crippen molar-refractivity contribution >= 4 is 34.3 Å². The Labute approximate surface area is 197 Å². The van der Waals surface area contributed by atoms with Gasteiger partial charge in [-0.15, -0.1) is 0 Å². The van der Waals surface area contributed by atoms with Gasteiger partial charge in [0, 0.05) is 0 Å². The quantitative estimate of drug-likeness (QED) is 0.259. The fraction of sp³-hybridized carbons (Fsp3) is 0.360. The number of nitrogens with one attached hydrogen (secondary N) is 2. The molecule has 0 aliphatic heterocycles. The Balaban J connectivity index is 1.63. The van der Waals surface area contributed by atoms with Crippen molar-refractivity contribution in [2.24, 2.45) is 0 Å². The van der Waals surface area contributed by atoms with E-state index in [-0.39, 0.29) is 40.2 Å². The predicted octanol–water partition coefficient (Wildman–Crippen LogP) is 7.02. The lowest BCUT2D eigenvalue weighted by Gasteiger charge is -2.15. The lowest BCUT2D eigenvalue weighted by molar-refractivity contribution is 0.314. The van der Waals surface area contributed by atoms with Crippen molar-refractivity contribution in [2.75, 3.05) is 10.6 Å². The van der Waals surface area contributed by atoms with Crippen LogP contribution in [0.3, 0.4) is 0 Å². The Bertz CT molecular complexity index is 1280. The van der Waals surface area contributed by atoms with Crippen LogP contribution in [-0.2, 0) is 6.42 Å². The highest BCUT2D eigenvalue weighted by atomic mass is 19.1. The maximum atomic E-state index is 15.0. The van der Waals surface area contributed by atoms with E-state index in [1.807, 2.05) is 19.1 Å². The van der Waals surface area contributed by atoms with Crippen molar-refractivity contribution in [2.45, 2.75) is 58.8 Å². The van der Waals surface area contributed by atoms with Crippen LogP contribution in [0.1, 0.15) is 63.5 Å². The molecule has 178 valence electrons. The van der Waals surface area contributed by atoms with Crippen molar-refractivity contribution < 1.29 is 13.4 Å². The molecule has 0 radical (unpaired) electrons. The molecular formula is C25H28F2N6O. The summed E-state index contributed by atoms with van der Waals surface area (Å²) in [7, 11) is 0. The molecule has 2 N–H and O–H groups in total. The van der Waals surface area contributed by atoms with Crippen LogP contribution in [0.2, 0.25) is 0 Å². The SMILES string of the molecule is CCCCC(C)c1ccc(Nc2nc3nonc3nc2Nc2ccc(CCC)cc2F)c(F)c1. The van der Waals surface area contributed by atoms with Gasteiger partial charge in [0.25, 0.3) is 0 Å². The molecule has 9 heteroatoms. The highest BCUT2D eigenvalue weighted by Crippen LogP contribution is 2.31. The standard InChI is InChI=1S/C25H28F2N6O/c1-4-6-8-15(3)17-10-12-21(19(27)14-17)29-23-22(30-24-25(31-23)33-34-32-24)28-20-11-9-16(7-5-2)13-18(20)26/h9-15H,4-8H2,1-3H3,(H,28,30,32)(H,29,31,33). The van der Waals surface area contributed by atoms with Crippen LogP contribution < -0.4 is 10.6 Å². The number of anilines is 4. The van der Waals surface area contributed by atoms with Gasteiger partial charge in [-0.3, -0.25) is 0 Å². The number of unbranched alkanes of at least 4 members (excludes halogenated alkanes) is 1. The zero-order valence-electron chi connectivity index (χ0n) is 19.5. The van der Waals surface area contributed by atoms with E-state index in [9.17, 15) is 8.78 Å². The van der Waals surface area contributed by atoms with E-state index in [4.69, 9.17) is 4.63 Å². The average molecular weight is 467 g/mol. The molecule has 0 bridgehead atoms. The zero-order valence-corrected chi connectivity index (χ0v) is 19.5. The largest absolute Gasteiger partial charge is 0.335 e. The molecule has 4 rings (SSSR count). The van der Waals surface area contributed by atoms with Crippen LogP contribution in [0.25, 0.3) is 11.3 Å². The summed E-state index contributed by atoms with van der Waals surface area (Å²) in [5.74, 6) is -0.233. The van der Waals surface area contributed by atoms with E-state index in [1.165, 1.54) is 12.1 Å². The minimum Gasteiger partial charge on any atom is -0.335 e. The predicted molar refractivity (Wildman–Crippen MR) is 129 cm³/mol. The summed E-state index contributed by atoms with van der Waals surface area (Å²) in [4.78, 5) is 8.69. The molecule has 34 heavy (non-hydrogen) atoms. The first kappa shape index (κ1) is 23.5. The van der Waals surface area contributed by atoms with E-state index in [0.29, 0.717) is 0 Å². The van der Waals surface area contributed by atoms with Gasteiger partial charge in [-0.05, 0) is 64.5 Å². The van der Waals surface area contributed by atoms with Crippen molar-refractivity contribution in [3.05, 3.63) is 59.2 Å². The maximum absolute atomic E-state index is 15.0. The second kappa shape index (κ2) is 10.5. The summed E-state index contributed by atoms with van der Waals surface area (Å²) in [5.41, 5.74) is 2.58. The van der Waals surface area contributed by atoms with Gasteiger partial charge in [-0.1, -0.05) is 52.2 Å². The van der Waals surface area contributed by atoms with Crippen molar-refractivity contribution in [1.82, 2.24) is 20.3 Å². The number of hydrogen-bond acceptors (Lipinski definition) is 7. The molecule has 0 saturated carbocycles. The first-order valence-electron chi connectivity index (χ1n) is 11.6. The fourth-order valence-corrected chi connectivity index (χ4v) is 3.79. The van der Waals surface area contributed by atoms with Gasteiger partial charge in [-0.25, -0.2) is 23.4 Å². The molecule has 7 nitrogen and oxygen atoms in total. The van der Waals surface area contributed by atoms with E-state index in [1.54, 1.807) is 12.1 Å². The molecule has 1 unspecified atom stereocenters. The maximum Gasteiger partial charge on any atom is 0.245 e. The third-order valence-electron chi connectivity index (χ3n) is 5.75. The Morgan fingerprint density at radius 2 is 1.47 bits per heavy atom. The first-order valence-corrected chi connectivity index (χ1v) is 11.6. The van der Waals surface area contributed by atoms with Gasteiger partial charge >= 0.3 is 0 Å². The van der Waals surface area contributed by atoms with E-state index < -0.39 is 11.6 Å². The van der Waals surface area contributed by atoms with Gasteiger partial charge in [-0.2, -0.15) is 0 Å². The summed E-state index contributed by atoms with van der Waals surface area (Å²) in [6.45, 7) is 6.27. The summed E-state index contributed by atoms with van der Waals surface area (Å²) < 4.78 is 34.4. The Kier molecular flexibility index (Phi) is 7.30. The number of rotatable bonds is 10. The number of halogens is 2. The van der Waals surface area contributed by atoms with E-state index >= 15 is 0 Å². The molecule has 0 aliphatic carbocycles. The molecular weight excluding hydrogens is 438 g/mol. The topological polar surface area (TPSA) is 88.8 Å². The summed E-state index contributed by atoms with van der Waals surface area (Å²) in [5, 5.41) is 13.3. The van der Waals surface area contributed by atoms with Crippen LogP contribution in [-0.4, -0.2) is 20.3 Å². The molecule has 0 spiro atoms. The fourth-order valence-electron chi connectivity index (χ4n) is 3.79. The Morgan fingerprint density at radius 3 is 2.03 bits per heavy atom. The van der Waals surface area contributed by atoms with Crippen LogP contribution in [0.15, 0.2) is 41.0 Å². The van der Waals surface area contributed by atoms with Gasteiger partial charge in [0.1, 0.15) is 11.6 Å². The number of fused-ring (bicyclic) bond motifs is 1. The van der Waals surface area contributed by atoms with Crippen molar-refractivity contribution in [3.8, 4) is 0 Å². The Hall–Kier alpha value is -3.62. The highest BCUT2D eigenvalue weighted by molar-refractivity contribution is 5.79. The van der Waals surface area contributed by atoms with Gasteiger partial charge in [0.05, 0.1) is 11.4 Å². The monoisotopic (exact) mass is 466 g/mol. The number of aryl methyl sites for hydroxylation is 1. The highest BCUT2D eigenvalue weighted by Gasteiger charge is 2.17. The van der Waals surface area contributed by atoms with Crippen LogP contribution >= 0.6 is 0 Å². The third-order valence-corrected chi connectivity index (χ3v) is 5.75. The molecule has 0 saturated heterocycles. The third kappa shape index (κ3) is 5.30. The number of nitrogens with zero attached hydrogens (tertiary/aromatic N) is 4. The van der Waals surface area contributed by atoms with Crippen molar-refractivity contribution in [3.63, 3.8) is 0 Å². The van der Waals surface area contributed by atoms with Crippen LogP contribution in [0.4, 0.5) is 31.8 Å². The van der Waals surface area contributed by atoms with Gasteiger partial charge in [0.2, 0.25) is 11.3 Å². The summed E-state index contributed by atoms with van der Waals surface area (Å²) in [6, 6.07) is 10.1. The summed E-state index contributed by atoms with van der Waals surface area (Å²) in [6.07, 6.45) is 4.90. The number of aromatic nitrogens is 4. The number of hydrogen-bond donors (Lipinski definition) is 2. The first-order chi connectivity index (χ1) is 16.5. The summed E-state index contributed by atoms with van der Waals surface area (Å²) >= 11 is 0. The van der Waals surface area contributed by atoms with Gasteiger partial charge < -0.3 is 10.6 Å². The molecule has 1 atom stereocenters. The minimum atomic E-state index is -0.423. The average Bonchev–Trinajstić information content (AvgIpc) is 3.28. The minimum absolute atomic E-state index is 0.150. The smallest absolute Gasteiger partial charge is 0.245 e. The van der Waals surface area contributed by atoms with Crippen molar-refractivity contribution in [1.29, 1.82) is 0 Å². The van der Waals surface area contributed by atoms with E-state index in [0.717, 1.165) is 43.2 Å². The van der Waals surface area contributed by atoms with Gasteiger partial charge in [0.15, 0.2) is 11.6 Å².